The van der Waals surface area contributed by atoms with Crippen LogP contribution in [0.4, 0.5) is 13.2 Å². The summed E-state index contributed by atoms with van der Waals surface area (Å²) in [5.41, 5.74) is 0.0105. The highest BCUT2D eigenvalue weighted by molar-refractivity contribution is 5.41. The lowest BCUT2D eigenvalue weighted by molar-refractivity contribution is -0.138. The molecule has 0 aliphatic rings. The molecule has 108 valence electrons. The van der Waals surface area contributed by atoms with Crippen molar-refractivity contribution in [3.05, 3.63) is 47.8 Å². The predicted molar refractivity (Wildman–Crippen MR) is 70.5 cm³/mol. The van der Waals surface area contributed by atoms with E-state index in [1.54, 1.807) is 18.3 Å². The van der Waals surface area contributed by atoms with Crippen LogP contribution in [0, 0.1) is 0 Å². The summed E-state index contributed by atoms with van der Waals surface area (Å²) < 4.78 is 40.8. The van der Waals surface area contributed by atoms with Crippen molar-refractivity contribution in [3.63, 3.8) is 0 Å². The monoisotopic (exact) mass is 283 g/mol. The van der Waals surface area contributed by atoms with Crippen LogP contribution in [-0.2, 0) is 12.7 Å². The Kier molecular flexibility index (Phi) is 4.13. The zero-order valence-electron chi connectivity index (χ0n) is 11.3. The molecule has 2 aromatic rings. The largest absolute Gasteiger partial charge is 0.416 e. The molecule has 0 atom stereocenters. The van der Waals surface area contributed by atoms with Crippen molar-refractivity contribution in [1.29, 1.82) is 0 Å². The van der Waals surface area contributed by atoms with Gasteiger partial charge in [-0.25, -0.2) is 4.68 Å². The number of benzene rings is 1. The third kappa shape index (κ3) is 3.39. The van der Waals surface area contributed by atoms with Crippen molar-refractivity contribution >= 4 is 0 Å². The van der Waals surface area contributed by atoms with Crippen LogP contribution in [0.5, 0.6) is 0 Å². The first-order chi connectivity index (χ1) is 9.38. The first kappa shape index (κ1) is 14.6. The van der Waals surface area contributed by atoms with Crippen molar-refractivity contribution in [3.8, 4) is 5.69 Å². The minimum Gasteiger partial charge on any atom is -0.310 e. The molecular weight excluding hydrogens is 267 g/mol. The van der Waals surface area contributed by atoms with Gasteiger partial charge in [-0.3, -0.25) is 0 Å². The Morgan fingerprint density at radius 2 is 2.05 bits per heavy atom. The second kappa shape index (κ2) is 5.66. The number of rotatable bonds is 4. The van der Waals surface area contributed by atoms with Gasteiger partial charge < -0.3 is 5.32 Å². The van der Waals surface area contributed by atoms with Gasteiger partial charge in [-0.1, -0.05) is 19.9 Å². The van der Waals surface area contributed by atoms with Crippen molar-refractivity contribution in [2.75, 3.05) is 0 Å². The van der Waals surface area contributed by atoms with Crippen molar-refractivity contribution in [2.24, 2.45) is 0 Å². The minimum atomic E-state index is -4.38. The van der Waals surface area contributed by atoms with Gasteiger partial charge in [-0.05, 0) is 23.8 Å². The average molecular weight is 283 g/mol. The van der Waals surface area contributed by atoms with Crippen LogP contribution in [-0.4, -0.2) is 15.8 Å². The van der Waals surface area contributed by atoms with E-state index in [4.69, 9.17) is 0 Å². The van der Waals surface area contributed by atoms with Crippen LogP contribution >= 0.6 is 0 Å². The Morgan fingerprint density at radius 1 is 1.30 bits per heavy atom. The zero-order chi connectivity index (χ0) is 14.8. The average Bonchev–Trinajstić information content (AvgIpc) is 2.88. The molecule has 0 radical (unpaired) electrons. The van der Waals surface area contributed by atoms with E-state index in [9.17, 15) is 13.2 Å². The van der Waals surface area contributed by atoms with Gasteiger partial charge in [0, 0.05) is 25.0 Å². The van der Waals surface area contributed by atoms with Crippen LogP contribution in [0.15, 0.2) is 36.7 Å². The quantitative estimate of drug-likeness (QED) is 0.932. The van der Waals surface area contributed by atoms with Crippen molar-refractivity contribution in [2.45, 2.75) is 32.6 Å². The van der Waals surface area contributed by atoms with Crippen LogP contribution < -0.4 is 5.32 Å². The van der Waals surface area contributed by atoms with E-state index < -0.39 is 11.7 Å². The van der Waals surface area contributed by atoms with E-state index in [1.807, 2.05) is 13.8 Å². The molecule has 1 aromatic heterocycles. The lowest BCUT2D eigenvalue weighted by atomic mass is 10.1. The fourth-order valence-electron chi connectivity index (χ4n) is 1.86. The van der Waals surface area contributed by atoms with Crippen molar-refractivity contribution in [1.82, 2.24) is 15.1 Å². The Balaban J connectivity index is 2.38. The van der Waals surface area contributed by atoms with Gasteiger partial charge in [0.2, 0.25) is 0 Å². The van der Waals surface area contributed by atoms with Crippen LogP contribution in [0.2, 0.25) is 0 Å². The van der Waals surface area contributed by atoms with E-state index in [0.29, 0.717) is 5.69 Å². The minimum absolute atomic E-state index is 0.127. The molecule has 0 unspecified atom stereocenters. The summed E-state index contributed by atoms with van der Waals surface area (Å²) in [6.45, 7) is 3.97. The number of hydrogen-bond donors (Lipinski definition) is 1. The molecule has 0 spiro atoms. The third-order valence-corrected chi connectivity index (χ3v) is 2.87. The number of aromatic nitrogens is 2. The van der Waals surface area contributed by atoms with Gasteiger partial charge in [-0.2, -0.15) is 18.3 Å². The first-order valence-electron chi connectivity index (χ1n) is 6.31. The van der Waals surface area contributed by atoms with Gasteiger partial charge in [0.1, 0.15) is 0 Å². The Labute approximate surface area is 115 Å². The second-order valence-electron chi connectivity index (χ2n) is 4.83. The van der Waals surface area contributed by atoms with Crippen LogP contribution in [0.3, 0.4) is 0 Å². The standard InChI is InChI=1S/C14H16F3N3/c1-10(2)18-9-11-4-5-12(20-7-3-6-19-20)8-13(11)14(15,16)17/h3-8,10,18H,9H2,1-2H3. The van der Waals surface area contributed by atoms with Gasteiger partial charge in [0.25, 0.3) is 0 Å². The highest BCUT2D eigenvalue weighted by Crippen LogP contribution is 2.33. The van der Waals surface area contributed by atoms with E-state index in [0.717, 1.165) is 6.07 Å². The number of hydrogen-bond acceptors (Lipinski definition) is 2. The Morgan fingerprint density at radius 3 is 2.60 bits per heavy atom. The van der Waals surface area contributed by atoms with E-state index in [1.165, 1.54) is 16.9 Å². The summed E-state index contributed by atoms with van der Waals surface area (Å²) in [7, 11) is 0. The van der Waals surface area contributed by atoms with Gasteiger partial charge >= 0.3 is 6.18 Å². The first-order valence-corrected chi connectivity index (χ1v) is 6.31. The lowest BCUT2D eigenvalue weighted by Gasteiger charge is -2.16. The maximum Gasteiger partial charge on any atom is 0.416 e. The molecule has 0 bridgehead atoms. The molecule has 0 aliphatic carbocycles. The SMILES string of the molecule is CC(C)NCc1ccc(-n2cccn2)cc1C(F)(F)F. The smallest absolute Gasteiger partial charge is 0.310 e. The molecular formula is C14H16F3N3. The zero-order valence-corrected chi connectivity index (χ0v) is 11.3. The Hall–Kier alpha value is -1.82. The lowest BCUT2D eigenvalue weighted by Crippen LogP contribution is -2.24. The normalized spacial score (nSPS) is 12.1. The summed E-state index contributed by atoms with van der Waals surface area (Å²) in [4.78, 5) is 0. The maximum atomic E-state index is 13.1. The predicted octanol–water partition coefficient (Wildman–Crippen LogP) is 3.39. The van der Waals surface area contributed by atoms with Crippen LogP contribution in [0.25, 0.3) is 5.69 Å². The van der Waals surface area contributed by atoms with Crippen LogP contribution in [0.1, 0.15) is 25.0 Å². The maximum absolute atomic E-state index is 13.1. The molecule has 0 saturated carbocycles. The fraction of sp³-hybridized carbons (Fsp3) is 0.357. The summed E-state index contributed by atoms with van der Waals surface area (Å²) in [5.74, 6) is 0. The molecule has 3 nitrogen and oxygen atoms in total. The summed E-state index contributed by atoms with van der Waals surface area (Å²) >= 11 is 0. The highest BCUT2D eigenvalue weighted by Gasteiger charge is 2.33. The molecule has 1 N–H and O–H groups in total. The molecule has 0 saturated heterocycles. The molecule has 1 heterocycles. The molecule has 6 heteroatoms. The molecule has 0 fully saturated rings. The van der Waals surface area contributed by atoms with Gasteiger partial charge in [0.15, 0.2) is 0 Å². The number of nitrogens with one attached hydrogen (secondary N) is 1. The third-order valence-electron chi connectivity index (χ3n) is 2.87. The van der Waals surface area contributed by atoms with E-state index in [-0.39, 0.29) is 18.2 Å². The van der Waals surface area contributed by atoms with E-state index >= 15 is 0 Å². The molecule has 0 aliphatic heterocycles. The molecule has 2 rings (SSSR count). The Bertz CT molecular complexity index is 560. The molecule has 1 aromatic carbocycles. The topological polar surface area (TPSA) is 29.9 Å². The summed E-state index contributed by atoms with van der Waals surface area (Å²) in [6, 6.07) is 6.06. The molecule has 0 amide bonds. The summed E-state index contributed by atoms with van der Waals surface area (Å²) in [5, 5.41) is 6.95. The molecule has 20 heavy (non-hydrogen) atoms. The highest BCUT2D eigenvalue weighted by atomic mass is 19.4. The summed E-state index contributed by atoms with van der Waals surface area (Å²) in [6.07, 6.45) is -1.24. The van der Waals surface area contributed by atoms with Gasteiger partial charge in [-0.15, -0.1) is 0 Å². The van der Waals surface area contributed by atoms with E-state index in [2.05, 4.69) is 10.4 Å². The van der Waals surface area contributed by atoms with Gasteiger partial charge in [0.05, 0.1) is 11.3 Å². The fourth-order valence-corrected chi connectivity index (χ4v) is 1.86. The van der Waals surface area contributed by atoms with Crippen molar-refractivity contribution < 1.29 is 13.2 Å². The number of nitrogens with zero attached hydrogens (tertiary/aromatic N) is 2. The number of alkyl halides is 3. The number of halogens is 3. The second-order valence-corrected chi connectivity index (χ2v) is 4.83.